The highest BCUT2D eigenvalue weighted by Crippen LogP contribution is 2.24. The van der Waals surface area contributed by atoms with Crippen LogP contribution in [-0.2, 0) is 0 Å². The van der Waals surface area contributed by atoms with Crippen molar-refractivity contribution >= 4 is 22.4 Å². The molecule has 0 aliphatic heterocycles. The quantitative estimate of drug-likeness (QED) is 0.722. The third-order valence-electron chi connectivity index (χ3n) is 3.46. The van der Waals surface area contributed by atoms with Crippen molar-refractivity contribution in [3.8, 4) is 11.5 Å². The zero-order valence-corrected chi connectivity index (χ0v) is 12.0. The summed E-state index contributed by atoms with van der Waals surface area (Å²) in [4.78, 5) is 12.3. The maximum Gasteiger partial charge on any atom is 0.255 e. The fraction of sp³-hybridized carbons (Fsp3) is 0.0556. The molecule has 0 aliphatic carbocycles. The summed E-state index contributed by atoms with van der Waals surface area (Å²) in [5.41, 5.74) is 0.920. The maximum atomic E-state index is 12.3. The third-order valence-corrected chi connectivity index (χ3v) is 3.46. The zero-order chi connectivity index (χ0) is 15.5. The number of phenolic OH excluding ortho intramolecular Hbond substituents is 1. The second kappa shape index (κ2) is 5.77. The topological polar surface area (TPSA) is 58.6 Å². The lowest BCUT2D eigenvalue weighted by Crippen LogP contribution is -2.11. The number of phenols is 1. The minimum atomic E-state index is -0.265. The summed E-state index contributed by atoms with van der Waals surface area (Å²) in [5, 5.41) is 14.4. The Bertz CT molecular complexity index is 843. The summed E-state index contributed by atoms with van der Waals surface area (Å²) in [5.74, 6) is 0.555. The molecular formula is C18H15NO3. The van der Waals surface area contributed by atoms with Gasteiger partial charge >= 0.3 is 0 Å². The van der Waals surface area contributed by atoms with E-state index in [1.54, 1.807) is 31.4 Å². The summed E-state index contributed by atoms with van der Waals surface area (Å²) in [7, 11) is 1.62. The molecule has 3 aromatic rings. The number of para-hydroxylation sites is 2. The molecule has 110 valence electrons. The Labute approximate surface area is 128 Å². The zero-order valence-electron chi connectivity index (χ0n) is 12.0. The number of anilines is 1. The van der Waals surface area contributed by atoms with Crippen molar-refractivity contribution < 1.29 is 14.6 Å². The lowest BCUT2D eigenvalue weighted by molar-refractivity contribution is 0.102. The van der Waals surface area contributed by atoms with Crippen LogP contribution in [0.5, 0.6) is 11.5 Å². The average Bonchev–Trinajstić information content (AvgIpc) is 2.56. The highest BCUT2D eigenvalue weighted by Gasteiger charge is 2.09. The van der Waals surface area contributed by atoms with E-state index in [-0.39, 0.29) is 11.7 Å². The molecule has 4 heteroatoms. The van der Waals surface area contributed by atoms with Crippen LogP contribution >= 0.6 is 0 Å². The summed E-state index contributed by atoms with van der Waals surface area (Å²) in [6.45, 7) is 0. The van der Waals surface area contributed by atoms with Crippen molar-refractivity contribution in [1.82, 2.24) is 0 Å². The first kappa shape index (κ1) is 13.9. The van der Waals surface area contributed by atoms with Crippen LogP contribution in [0.2, 0.25) is 0 Å². The summed E-state index contributed by atoms with van der Waals surface area (Å²) in [6, 6.07) is 17.7. The highest BCUT2D eigenvalue weighted by atomic mass is 16.5. The predicted octanol–water partition coefficient (Wildman–Crippen LogP) is 3.81. The fourth-order valence-electron chi connectivity index (χ4n) is 2.27. The number of fused-ring (bicyclic) bond motifs is 1. The number of nitrogens with one attached hydrogen (secondary N) is 1. The standard InChI is InChI=1S/C18H15NO3/c1-22-15-9-8-12-10-14(7-6-13(12)11-15)18(21)19-16-4-2-3-5-17(16)20/h2-11,20H,1H3,(H,19,21). The van der Waals surface area contributed by atoms with Gasteiger partial charge in [0.25, 0.3) is 5.91 Å². The van der Waals surface area contributed by atoms with Crippen LogP contribution in [0, 0.1) is 0 Å². The van der Waals surface area contributed by atoms with E-state index >= 15 is 0 Å². The van der Waals surface area contributed by atoms with E-state index in [9.17, 15) is 9.90 Å². The molecule has 0 aromatic heterocycles. The first-order valence-corrected chi connectivity index (χ1v) is 6.84. The van der Waals surface area contributed by atoms with Crippen molar-refractivity contribution in [3.05, 3.63) is 66.2 Å². The first-order chi connectivity index (χ1) is 10.7. The molecule has 3 rings (SSSR count). The van der Waals surface area contributed by atoms with Crippen molar-refractivity contribution in [2.24, 2.45) is 0 Å². The van der Waals surface area contributed by atoms with E-state index < -0.39 is 0 Å². The number of ether oxygens (including phenoxy) is 1. The van der Waals surface area contributed by atoms with Crippen LogP contribution in [0.15, 0.2) is 60.7 Å². The van der Waals surface area contributed by atoms with Crippen LogP contribution in [0.3, 0.4) is 0 Å². The van der Waals surface area contributed by atoms with Gasteiger partial charge < -0.3 is 15.2 Å². The smallest absolute Gasteiger partial charge is 0.255 e. The Balaban J connectivity index is 1.90. The summed E-state index contributed by atoms with van der Waals surface area (Å²) < 4.78 is 5.19. The number of benzene rings is 3. The van der Waals surface area contributed by atoms with Gasteiger partial charge in [-0.25, -0.2) is 0 Å². The number of aromatic hydroxyl groups is 1. The molecule has 1 amide bonds. The van der Waals surface area contributed by atoms with Crippen LogP contribution in [0.1, 0.15) is 10.4 Å². The normalized spacial score (nSPS) is 10.4. The fourth-order valence-corrected chi connectivity index (χ4v) is 2.27. The number of carbonyl (C=O) groups is 1. The Morgan fingerprint density at radius 3 is 2.50 bits per heavy atom. The Morgan fingerprint density at radius 1 is 1.00 bits per heavy atom. The first-order valence-electron chi connectivity index (χ1n) is 6.84. The molecule has 2 N–H and O–H groups in total. The SMILES string of the molecule is COc1ccc2cc(C(=O)Nc3ccccc3O)ccc2c1. The molecular weight excluding hydrogens is 278 g/mol. The van der Waals surface area contributed by atoms with Crippen molar-refractivity contribution in [1.29, 1.82) is 0 Å². The summed E-state index contributed by atoms with van der Waals surface area (Å²) in [6.07, 6.45) is 0. The van der Waals surface area contributed by atoms with Crippen molar-refractivity contribution in [2.75, 3.05) is 12.4 Å². The van der Waals surface area contributed by atoms with E-state index in [1.807, 2.05) is 30.3 Å². The van der Waals surface area contributed by atoms with Gasteiger partial charge in [0.2, 0.25) is 0 Å². The van der Waals surface area contributed by atoms with Gasteiger partial charge in [0.15, 0.2) is 0 Å². The van der Waals surface area contributed by atoms with Gasteiger partial charge in [-0.1, -0.05) is 24.3 Å². The van der Waals surface area contributed by atoms with Gasteiger partial charge in [0.05, 0.1) is 12.8 Å². The summed E-state index contributed by atoms with van der Waals surface area (Å²) >= 11 is 0. The van der Waals surface area contributed by atoms with Gasteiger partial charge in [-0.2, -0.15) is 0 Å². The molecule has 3 aromatic carbocycles. The number of hydrogen-bond acceptors (Lipinski definition) is 3. The van der Waals surface area contributed by atoms with Crippen LogP contribution in [0.4, 0.5) is 5.69 Å². The third kappa shape index (κ3) is 2.72. The molecule has 0 fully saturated rings. The highest BCUT2D eigenvalue weighted by molar-refractivity contribution is 6.07. The van der Waals surface area contributed by atoms with Gasteiger partial charge in [-0.3, -0.25) is 4.79 Å². The van der Waals surface area contributed by atoms with E-state index in [2.05, 4.69) is 5.32 Å². The number of hydrogen-bond donors (Lipinski definition) is 2. The number of rotatable bonds is 3. The largest absolute Gasteiger partial charge is 0.506 e. The maximum absolute atomic E-state index is 12.3. The van der Waals surface area contributed by atoms with Gasteiger partial charge in [0.1, 0.15) is 11.5 Å². The van der Waals surface area contributed by atoms with Gasteiger partial charge in [-0.05, 0) is 47.2 Å². The van der Waals surface area contributed by atoms with Crippen LogP contribution in [0.25, 0.3) is 10.8 Å². The molecule has 0 saturated heterocycles. The number of methoxy groups -OCH3 is 1. The van der Waals surface area contributed by atoms with E-state index in [1.165, 1.54) is 6.07 Å². The molecule has 0 aliphatic rings. The molecule has 4 nitrogen and oxygen atoms in total. The molecule has 22 heavy (non-hydrogen) atoms. The van der Waals surface area contributed by atoms with E-state index in [0.717, 1.165) is 16.5 Å². The van der Waals surface area contributed by atoms with Crippen LogP contribution < -0.4 is 10.1 Å². The second-order valence-electron chi connectivity index (χ2n) is 4.90. The minimum Gasteiger partial charge on any atom is -0.506 e. The van der Waals surface area contributed by atoms with E-state index in [4.69, 9.17) is 4.74 Å². The molecule has 0 bridgehead atoms. The molecule has 0 unspecified atom stereocenters. The predicted molar refractivity (Wildman–Crippen MR) is 86.6 cm³/mol. The molecule has 0 radical (unpaired) electrons. The molecule has 0 saturated carbocycles. The lowest BCUT2D eigenvalue weighted by Gasteiger charge is -2.08. The number of amides is 1. The van der Waals surface area contributed by atoms with Gasteiger partial charge in [0, 0.05) is 5.56 Å². The van der Waals surface area contributed by atoms with Gasteiger partial charge in [-0.15, -0.1) is 0 Å². The Kier molecular flexibility index (Phi) is 3.66. The van der Waals surface area contributed by atoms with Crippen molar-refractivity contribution in [3.63, 3.8) is 0 Å². The molecule has 0 spiro atoms. The minimum absolute atomic E-state index is 0.0429. The number of carbonyl (C=O) groups excluding carboxylic acids is 1. The molecule has 0 heterocycles. The van der Waals surface area contributed by atoms with E-state index in [0.29, 0.717) is 11.3 Å². The Morgan fingerprint density at radius 2 is 1.73 bits per heavy atom. The van der Waals surface area contributed by atoms with Crippen molar-refractivity contribution in [2.45, 2.75) is 0 Å². The average molecular weight is 293 g/mol. The monoisotopic (exact) mass is 293 g/mol. The van der Waals surface area contributed by atoms with Crippen LogP contribution in [-0.4, -0.2) is 18.1 Å². The lowest BCUT2D eigenvalue weighted by atomic mass is 10.1. The Hall–Kier alpha value is -3.01. The second-order valence-corrected chi connectivity index (χ2v) is 4.90. The molecule has 0 atom stereocenters.